The molecule has 1 heterocycles. The summed E-state index contributed by atoms with van der Waals surface area (Å²) in [6.45, 7) is 4.65. The van der Waals surface area contributed by atoms with E-state index in [-0.39, 0.29) is 18.0 Å². The van der Waals surface area contributed by atoms with E-state index < -0.39 is 0 Å². The predicted molar refractivity (Wildman–Crippen MR) is 111 cm³/mol. The average Bonchev–Trinajstić information content (AvgIpc) is 3.08. The largest absolute Gasteiger partial charge is 0.337 e. The fraction of sp³-hybridized carbons (Fsp3) is 0.409. The molecule has 0 bridgehead atoms. The Kier molecular flexibility index (Phi) is 6.53. The third kappa shape index (κ3) is 5.10. The van der Waals surface area contributed by atoms with Crippen LogP contribution in [0.25, 0.3) is 0 Å². The number of amides is 1. The van der Waals surface area contributed by atoms with Gasteiger partial charge in [-0.15, -0.1) is 0 Å². The number of hydrogen-bond donors (Lipinski definition) is 1. The highest BCUT2D eigenvalue weighted by atomic mass is 35.5. The topological polar surface area (TPSA) is 49.6 Å². The summed E-state index contributed by atoms with van der Waals surface area (Å²) >= 11 is 6.11. The minimum absolute atomic E-state index is 0.0115. The normalized spacial score (nSPS) is 18.4. The molecule has 2 N–H and O–H groups in total. The molecule has 0 radical (unpaired) electrons. The van der Waals surface area contributed by atoms with Gasteiger partial charge in [0.2, 0.25) is 5.91 Å². The van der Waals surface area contributed by atoms with Crippen LogP contribution in [0.5, 0.6) is 0 Å². The Hall–Kier alpha value is -1.88. The molecule has 144 valence electrons. The first-order chi connectivity index (χ1) is 12.9. The standard InChI is InChI=1S/C22H28ClN3O/c1-16-12-17(8-9-20(16)23)13-22(27)25(2)21(18-6-4-3-5-7-18)15-26-11-10-19(24)14-26/h3-9,12,19,21H,10-11,13-15,24H2,1-2H3. The van der Waals surface area contributed by atoms with Crippen LogP contribution in [0, 0.1) is 6.92 Å². The molecule has 2 aromatic carbocycles. The summed E-state index contributed by atoms with van der Waals surface area (Å²) in [5.74, 6) is 0.106. The lowest BCUT2D eigenvalue weighted by Gasteiger charge is -2.32. The van der Waals surface area contributed by atoms with Crippen molar-refractivity contribution in [3.8, 4) is 0 Å². The van der Waals surface area contributed by atoms with Crippen molar-refractivity contribution in [1.82, 2.24) is 9.80 Å². The summed E-state index contributed by atoms with van der Waals surface area (Å²) in [7, 11) is 1.90. The van der Waals surface area contributed by atoms with E-state index in [0.717, 1.165) is 47.8 Å². The number of nitrogens with zero attached hydrogens (tertiary/aromatic N) is 2. The zero-order valence-electron chi connectivity index (χ0n) is 16.1. The van der Waals surface area contributed by atoms with Gasteiger partial charge in [0, 0.05) is 31.2 Å². The molecule has 1 amide bonds. The van der Waals surface area contributed by atoms with Crippen molar-refractivity contribution in [2.75, 3.05) is 26.7 Å². The van der Waals surface area contributed by atoms with E-state index in [9.17, 15) is 4.79 Å². The van der Waals surface area contributed by atoms with E-state index in [1.807, 2.05) is 55.3 Å². The Bertz CT molecular complexity index is 780. The lowest BCUT2D eigenvalue weighted by Crippen LogP contribution is -2.40. The molecule has 5 heteroatoms. The molecule has 0 spiro atoms. The van der Waals surface area contributed by atoms with E-state index in [1.165, 1.54) is 0 Å². The van der Waals surface area contributed by atoms with E-state index >= 15 is 0 Å². The highest BCUT2D eigenvalue weighted by molar-refractivity contribution is 6.31. The highest BCUT2D eigenvalue weighted by Crippen LogP contribution is 2.24. The zero-order valence-corrected chi connectivity index (χ0v) is 16.8. The van der Waals surface area contributed by atoms with E-state index in [1.54, 1.807) is 0 Å². The predicted octanol–water partition coefficient (Wildman–Crippen LogP) is 3.42. The Morgan fingerprint density at radius 1 is 1.30 bits per heavy atom. The fourth-order valence-corrected chi connectivity index (χ4v) is 3.81. The van der Waals surface area contributed by atoms with Crippen molar-refractivity contribution >= 4 is 17.5 Å². The van der Waals surface area contributed by atoms with Crippen molar-refractivity contribution < 1.29 is 4.79 Å². The van der Waals surface area contributed by atoms with Gasteiger partial charge in [-0.25, -0.2) is 0 Å². The Balaban J connectivity index is 1.75. The molecule has 1 aliphatic rings. The van der Waals surface area contributed by atoms with Gasteiger partial charge in [-0.1, -0.05) is 54.1 Å². The second-order valence-electron chi connectivity index (χ2n) is 7.50. The highest BCUT2D eigenvalue weighted by Gasteiger charge is 2.27. The first-order valence-corrected chi connectivity index (χ1v) is 9.85. The second-order valence-corrected chi connectivity index (χ2v) is 7.91. The summed E-state index contributed by atoms with van der Waals surface area (Å²) in [4.78, 5) is 17.2. The lowest BCUT2D eigenvalue weighted by atomic mass is 10.0. The number of carbonyl (C=O) groups is 1. The van der Waals surface area contributed by atoms with Gasteiger partial charge in [0.1, 0.15) is 0 Å². The molecular weight excluding hydrogens is 358 g/mol. The monoisotopic (exact) mass is 385 g/mol. The van der Waals surface area contributed by atoms with Crippen LogP contribution in [0.2, 0.25) is 5.02 Å². The van der Waals surface area contributed by atoms with Gasteiger partial charge in [0.25, 0.3) is 0 Å². The third-order valence-corrected chi connectivity index (χ3v) is 5.79. The number of hydrogen-bond acceptors (Lipinski definition) is 3. The van der Waals surface area contributed by atoms with Crippen molar-refractivity contribution in [2.45, 2.75) is 31.8 Å². The average molecular weight is 386 g/mol. The molecular formula is C22H28ClN3O. The van der Waals surface area contributed by atoms with Crippen LogP contribution in [0.1, 0.15) is 29.2 Å². The molecule has 2 unspecified atom stereocenters. The fourth-order valence-electron chi connectivity index (χ4n) is 3.69. The number of aryl methyl sites for hydroxylation is 1. The number of halogens is 1. The maximum Gasteiger partial charge on any atom is 0.227 e. The smallest absolute Gasteiger partial charge is 0.227 e. The van der Waals surface area contributed by atoms with Crippen molar-refractivity contribution in [3.63, 3.8) is 0 Å². The molecule has 1 aliphatic heterocycles. The Labute approximate surface area is 166 Å². The molecule has 3 rings (SSSR count). The molecule has 4 nitrogen and oxygen atoms in total. The Morgan fingerprint density at radius 2 is 2.04 bits per heavy atom. The number of likely N-dealkylation sites (N-methyl/N-ethyl adjacent to an activating group) is 1. The van der Waals surface area contributed by atoms with Crippen LogP contribution in [-0.2, 0) is 11.2 Å². The molecule has 27 heavy (non-hydrogen) atoms. The lowest BCUT2D eigenvalue weighted by molar-refractivity contribution is -0.131. The molecule has 1 saturated heterocycles. The number of carbonyl (C=O) groups excluding carboxylic acids is 1. The summed E-state index contributed by atoms with van der Waals surface area (Å²) in [5.41, 5.74) is 9.21. The maximum absolute atomic E-state index is 13.0. The van der Waals surface area contributed by atoms with E-state index in [2.05, 4.69) is 17.0 Å². The molecule has 2 aromatic rings. The minimum Gasteiger partial charge on any atom is -0.337 e. The Morgan fingerprint density at radius 3 is 2.67 bits per heavy atom. The van der Waals surface area contributed by atoms with Gasteiger partial charge in [0.15, 0.2) is 0 Å². The first-order valence-electron chi connectivity index (χ1n) is 9.47. The van der Waals surface area contributed by atoms with Gasteiger partial charge in [-0.05, 0) is 42.6 Å². The van der Waals surface area contributed by atoms with Crippen molar-refractivity contribution in [3.05, 3.63) is 70.2 Å². The zero-order chi connectivity index (χ0) is 19.4. The number of benzene rings is 2. The van der Waals surface area contributed by atoms with Crippen LogP contribution in [0.15, 0.2) is 48.5 Å². The number of likely N-dealkylation sites (tertiary alicyclic amines) is 1. The summed E-state index contributed by atoms with van der Waals surface area (Å²) in [5, 5.41) is 0.729. The summed E-state index contributed by atoms with van der Waals surface area (Å²) < 4.78 is 0. The van der Waals surface area contributed by atoms with Gasteiger partial charge in [-0.2, -0.15) is 0 Å². The SMILES string of the molecule is Cc1cc(CC(=O)N(C)C(CN2CCC(N)C2)c2ccccc2)ccc1Cl. The molecule has 0 aliphatic carbocycles. The van der Waals surface area contributed by atoms with Gasteiger partial charge >= 0.3 is 0 Å². The van der Waals surface area contributed by atoms with Gasteiger partial charge in [-0.3, -0.25) is 9.69 Å². The van der Waals surface area contributed by atoms with Crippen LogP contribution in [0.4, 0.5) is 0 Å². The van der Waals surface area contributed by atoms with Crippen LogP contribution in [-0.4, -0.2) is 48.4 Å². The van der Waals surface area contributed by atoms with E-state index in [4.69, 9.17) is 17.3 Å². The van der Waals surface area contributed by atoms with Crippen LogP contribution in [0.3, 0.4) is 0 Å². The van der Waals surface area contributed by atoms with Crippen molar-refractivity contribution in [2.24, 2.45) is 5.73 Å². The van der Waals surface area contributed by atoms with E-state index in [0.29, 0.717) is 6.42 Å². The quantitative estimate of drug-likeness (QED) is 0.828. The second kappa shape index (κ2) is 8.87. The number of rotatable bonds is 6. The molecule has 1 fully saturated rings. The summed E-state index contributed by atoms with van der Waals surface area (Å²) in [6, 6.07) is 16.3. The molecule has 2 atom stereocenters. The van der Waals surface area contributed by atoms with Crippen LogP contribution >= 0.6 is 11.6 Å². The molecule has 0 aromatic heterocycles. The van der Waals surface area contributed by atoms with Gasteiger partial charge in [0.05, 0.1) is 12.5 Å². The number of nitrogens with two attached hydrogens (primary N) is 1. The minimum atomic E-state index is 0.0115. The summed E-state index contributed by atoms with van der Waals surface area (Å²) in [6.07, 6.45) is 1.39. The van der Waals surface area contributed by atoms with Crippen molar-refractivity contribution in [1.29, 1.82) is 0 Å². The first kappa shape index (κ1) is 19.9. The molecule has 0 saturated carbocycles. The third-order valence-electron chi connectivity index (χ3n) is 5.36. The maximum atomic E-state index is 13.0. The van der Waals surface area contributed by atoms with Crippen LogP contribution < -0.4 is 5.73 Å². The van der Waals surface area contributed by atoms with Gasteiger partial charge < -0.3 is 10.6 Å².